The van der Waals surface area contributed by atoms with Crippen molar-refractivity contribution in [1.29, 1.82) is 0 Å². The first-order valence-electron chi connectivity index (χ1n) is 9.29. The Morgan fingerprint density at radius 2 is 1.96 bits per heavy atom. The van der Waals surface area contributed by atoms with E-state index in [4.69, 9.17) is 0 Å². The van der Waals surface area contributed by atoms with E-state index in [0.717, 1.165) is 10.4 Å². The summed E-state index contributed by atoms with van der Waals surface area (Å²) in [4.78, 5) is 29.2. The van der Waals surface area contributed by atoms with Crippen LogP contribution in [0.1, 0.15) is 53.5 Å². The van der Waals surface area contributed by atoms with E-state index in [9.17, 15) is 14.7 Å². The lowest BCUT2D eigenvalue weighted by Gasteiger charge is -2.42. The summed E-state index contributed by atoms with van der Waals surface area (Å²) in [6.07, 6.45) is -0.624. The normalized spacial score (nSPS) is 20.5. The van der Waals surface area contributed by atoms with Crippen molar-refractivity contribution in [3.8, 4) is 0 Å². The minimum Gasteiger partial charge on any atom is -0.392 e. The fourth-order valence-electron chi connectivity index (χ4n) is 3.60. The number of nitrogens with zero attached hydrogens (tertiary/aromatic N) is 1. The summed E-state index contributed by atoms with van der Waals surface area (Å²) in [5, 5.41) is 14.4. The molecular formula is C21H26N2O3S. The molecule has 2 heterocycles. The van der Waals surface area contributed by atoms with Gasteiger partial charge in [0.1, 0.15) is 0 Å². The highest BCUT2D eigenvalue weighted by molar-refractivity contribution is 7.10. The molecule has 3 rings (SSSR count). The number of amides is 2. The standard InChI is InChI=1S/C21H26N2O3S/c1-13(2)12-23-19(17-9-6-10-27-17)18(20(25)22-11-14(3)24)15-7-4-5-8-16(15)21(23)26/h4-10,13-14,18-19,24H,11-12H2,1-3H3,(H,22,25). The maximum absolute atomic E-state index is 13.3. The minimum atomic E-state index is -0.624. The Labute approximate surface area is 164 Å². The number of rotatable bonds is 6. The van der Waals surface area contributed by atoms with Crippen LogP contribution in [0.25, 0.3) is 0 Å². The maximum atomic E-state index is 13.3. The van der Waals surface area contributed by atoms with Gasteiger partial charge in [0.05, 0.1) is 18.1 Å². The fraction of sp³-hybridized carbons (Fsp3) is 0.429. The number of carbonyl (C=O) groups excluding carboxylic acids is 2. The SMILES string of the molecule is CC(C)CN1C(=O)c2ccccc2C(C(=O)NCC(C)O)C1c1cccs1. The van der Waals surface area contributed by atoms with Crippen LogP contribution in [0.15, 0.2) is 41.8 Å². The average Bonchev–Trinajstić information content (AvgIpc) is 3.15. The van der Waals surface area contributed by atoms with Crippen molar-refractivity contribution in [2.24, 2.45) is 5.92 Å². The number of benzene rings is 1. The summed E-state index contributed by atoms with van der Waals surface area (Å²) in [5.41, 5.74) is 1.34. The first kappa shape index (κ1) is 19.6. The van der Waals surface area contributed by atoms with Crippen molar-refractivity contribution in [3.05, 3.63) is 57.8 Å². The lowest BCUT2D eigenvalue weighted by Crippen LogP contribution is -2.48. The van der Waals surface area contributed by atoms with Crippen molar-refractivity contribution in [3.63, 3.8) is 0 Å². The number of thiophene rings is 1. The van der Waals surface area contributed by atoms with Crippen molar-refractivity contribution >= 4 is 23.2 Å². The molecule has 2 aromatic rings. The van der Waals surface area contributed by atoms with E-state index in [1.807, 2.05) is 40.6 Å². The van der Waals surface area contributed by atoms with Crippen LogP contribution in [0.3, 0.4) is 0 Å². The lowest BCUT2D eigenvalue weighted by molar-refractivity contribution is -0.124. The molecule has 0 saturated carbocycles. The second-order valence-corrected chi connectivity index (χ2v) is 8.45. The summed E-state index contributed by atoms with van der Waals surface area (Å²) >= 11 is 1.56. The smallest absolute Gasteiger partial charge is 0.254 e. The van der Waals surface area contributed by atoms with Gasteiger partial charge in [-0.05, 0) is 35.9 Å². The highest BCUT2D eigenvalue weighted by atomic mass is 32.1. The number of aliphatic hydroxyl groups is 1. The van der Waals surface area contributed by atoms with Crippen LogP contribution in [0, 0.1) is 5.92 Å². The first-order chi connectivity index (χ1) is 12.9. The molecule has 3 atom stereocenters. The molecule has 3 unspecified atom stereocenters. The highest BCUT2D eigenvalue weighted by Gasteiger charge is 2.44. The number of hydrogen-bond acceptors (Lipinski definition) is 4. The van der Waals surface area contributed by atoms with E-state index < -0.39 is 12.0 Å². The Kier molecular flexibility index (Phi) is 5.97. The lowest BCUT2D eigenvalue weighted by atomic mass is 9.81. The predicted octanol–water partition coefficient (Wildman–Crippen LogP) is 3.18. The Morgan fingerprint density at radius 3 is 2.59 bits per heavy atom. The molecule has 27 heavy (non-hydrogen) atoms. The maximum Gasteiger partial charge on any atom is 0.254 e. The molecule has 0 fully saturated rings. The number of hydrogen-bond donors (Lipinski definition) is 2. The van der Waals surface area contributed by atoms with Crippen molar-refractivity contribution in [2.45, 2.75) is 38.8 Å². The third-order valence-electron chi connectivity index (χ3n) is 4.69. The van der Waals surface area contributed by atoms with Gasteiger partial charge in [0.15, 0.2) is 0 Å². The molecule has 144 valence electrons. The summed E-state index contributed by atoms with van der Waals surface area (Å²) < 4.78 is 0. The largest absolute Gasteiger partial charge is 0.392 e. The quantitative estimate of drug-likeness (QED) is 0.801. The molecule has 0 radical (unpaired) electrons. The molecule has 5 nitrogen and oxygen atoms in total. The van der Waals surface area contributed by atoms with E-state index in [1.165, 1.54) is 0 Å². The Bertz CT molecular complexity index is 802. The molecule has 1 aliphatic rings. The van der Waals surface area contributed by atoms with Gasteiger partial charge in [-0.15, -0.1) is 11.3 Å². The fourth-order valence-corrected chi connectivity index (χ4v) is 4.48. The number of fused-ring (bicyclic) bond motifs is 1. The van der Waals surface area contributed by atoms with Gasteiger partial charge >= 0.3 is 0 Å². The number of carbonyl (C=O) groups is 2. The summed E-state index contributed by atoms with van der Waals surface area (Å²) in [5.74, 6) is -0.418. The average molecular weight is 387 g/mol. The van der Waals surface area contributed by atoms with E-state index in [-0.39, 0.29) is 30.3 Å². The van der Waals surface area contributed by atoms with Crippen LogP contribution >= 0.6 is 11.3 Å². The first-order valence-corrected chi connectivity index (χ1v) is 10.2. The Morgan fingerprint density at radius 1 is 1.22 bits per heavy atom. The second kappa shape index (κ2) is 8.23. The van der Waals surface area contributed by atoms with Crippen LogP contribution < -0.4 is 5.32 Å². The molecule has 0 bridgehead atoms. The van der Waals surface area contributed by atoms with Gasteiger partial charge in [-0.3, -0.25) is 9.59 Å². The van der Waals surface area contributed by atoms with Gasteiger partial charge in [-0.25, -0.2) is 0 Å². The van der Waals surface area contributed by atoms with E-state index in [0.29, 0.717) is 12.1 Å². The predicted molar refractivity (Wildman–Crippen MR) is 107 cm³/mol. The zero-order valence-electron chi connectivity index (χ0n) is 15.9. The van der Waals surface area contributed by atoms with E-state index >= 15 is 0 Å². The Hall–Kier alpha value is -2.18. The molecule has 1 aromatic carbocycles. The topological polar surface area (TPSA) is 69.6 Å². The van der Waals surface area contributed by atoms with Crippen molar-refractivity contribution in [1.82, 2.24) is 10.2 Å². The van der Waals surface area contributed by atoms with Crippen molar-refractivity contribution in [2.75, 3.05) is 13.1 Å². The molecule has 6 heteroatoms. The zero-order valence-corrected chi connectivity index (χ0v) is 16.7. The molecule has 0 spiro atoms. The van der Waals surface area contributed by atoms with Crippen LogP contribution in [-0.4, -0.2) is 41.0 Å². The van der Waals surface area contributed by atoms with Gasteiger partial charge in [-0.1, -0.05) is 38.1 Å². The highest BCUT2D eigenvalue weighted by Crippen LogP contribution is 2.44. The third kappa shape index (κ3) is 4.06. The van der Waals surface area contributed by atoms with Crippen LogP contribution in [0.5, 0.6) is 0 Å². The van der Waals surface area contributed by atoms with Gasteiger partial charge in [0, 0.05) is 23.5 Å². The summed E-state index contributed by atoms with van der Waals surface area (Å²) in [6, 6.07) is 11.0. The molecule has 1 aromatic heterocycles. The van der Waals surface area contributed by atoms with Gasteiger partial charge in [0.25, 0.3) is 5.91 Å². The molecule has 2 N–H and O–H groups in total. The summed E-state index contributed by atoms with van der Waals surface area (Å²) in [7, 11) is 0. The van der Waals surface area contributed by atoms with Crippen LogP contribution in [-0.2, 0) is 4.79 Å². The van der Waals surface area contributed by atoms with E-state index in [2.05, 4.69) is 19.2 Å². The number of aliphatic hydroxyl groups excluding tert-OH is 1. The van der Waals surface area contributed by atoms with Crippen LogP contribution in [0.2, 0.25) is 0 Å². The molecular weight excluding hydrogens is 360 g/mol. The molecule has 2 amide bonds. The molecule has 0 aliphatic carbocycles. The molecule has 0 saturated heterocycles. The Balaban J connectivity index is 2.10. The minimum absolute atomic E-state index is 0.0303. The summed E-state index contributed by atoms with van der Waals surface area (Å²) in [6.45, 7) is 6.55. The van der Waals surface area contributed by atoms with Crippen LogP contribution in [0.4, 0.5) is 0 Å². The van der Waals surface area contributed by atoms with Crippen molar-refractivity contribution < 1.29 is 14.7 Å². The number of nitrogens with one attached hydrogen (secondary N) is 1. The van der Waals surface area contributed by atoms with Gasteiger partial charge in [0.2, 0.25) is 5.91 Å². The third-order valence-corrected chi connectivity index (χ3v) is 5.63. The second-order valence-electron chi connectivity index (χ2n) is 7.47. The zero-order chi connectivity index (χ0) is 19.6. The van der Waals surface area contributed by atoms with E-state index in [1.54, 1.807) is 24.3 Å². The van der Waals surface area contributed by atoms with Gasteiger partial charge in [-0.2, -0.15) is 0 Å². The molecule has 1 aliphatic heterocycles. The monoisotopic (exact) mass is 386 g/mol. The van der Waals surface area contributed by atoms with Gasteiger partial charge < -0.3 is 15.3 Å².